The molecule has 96 valence electrons. The van der Waals surface area contributed by atoms with Crippen molar-refractivity contribution in [3.8, 4) is 6.07 Å². The topological polar surface area (TPSA) is 23.8 Å². The summed E-state index contributed by atoms with van der Waals surface area (Å²) < 4.78 is 27.7. The molecule has 0 saturated carbocycles. The van der Waals surface area contributed by atoms with Crippen LogP contribution in [0.4, 0.5) is 8.78 Å². The second kappa shape index (κ2) is 5.52. The fourth-order valence-corrected chi connectivity index (χ4v) is 2.72. The van der Waals surface area contributed by atoms with E-state index in [1.165, 1.54) is 24.3 Å². The minimum atomic E-state index is -0.780. The van der Waals surface area contributed by atoms with E-state index in [0.717, 1.165) is 6.07 Å². The first-order valence-corrected chi connectivity index (χ1v) is 6.60. The van der Waals surface area contributed by atoms with Crippen molar-refractivity contribution in [3.05, 3.63) is 57.3 Å². The van der Waals surface area contributed by atoms with Crippen LogP contribution < -0.4 is 0 Å². The Kier molecular flexibility index (Phi) is 3.98. The van der Waals surface area contributed by atoms with Crippen molar-refractivity contribution in [2.45, 2.75) is 6.92 Å². The Hall–Kier alpha value is -1.70. The lowest BCUT2D eigenvalue weighted by molar-refractivity contribution is 0.572. The standard InChI is InChI=1S/C14H8ClF2NS/c1-8-4-5-10(16)12(14(8)17)13(15)9(7-18)11-3-2-6-19-11/h2-6H,1H3/b13-9+. The van der Waals surface area contributed by atoms with E-state index in [9.17, 15) is 8.78 Å². The lowest BCUT2D eigenvalue weighted by Crippen LogP contribution is -1.96. The molecular weight excluding hydrogens is 288 g/mol. The number of hydrogen-bond acceptors (Lipinski definition) is 2. The van der Waals surface area contributed by atoms with Crippen LogP contribution in [0.25, 0.3) is 10.6 Å². The van der Waals surface area contributed by atoms with E-state index in [1.54, 1.807) is 17.5 Å². The first-order chi connectivity index (χ1) is 9.06. The maximum absolute atomic E-state index is 14.0. The minimum Gasteiger partial charge on any atom is -0.206 e. The van der Waals surface area contributed by atoms with Gasteiger partial charge in [-0.1, -0.05) is 23.7 Å². The van der Waals surface area contributed by atoms with Gasteiger partial charge in [0.1, 0.15) is 17.7 Å². The van der Waals surface area contributed by atoms with Crippen molar-refractivity contribution in [1.29, 1.82) is 5.26 Å². The molecule has 19 heavy (non-hydrogen) atoms. The van der Waals surface area contributed by atoms with E-state index in [2.05, 4.69) is 0 Å². The normalized spacial score (nSPS) is 11.9. The smallest absolute Gasteiger partial charge is 0.137 e. The number of nitrogens with zero attached hydrogens (tertiary/aromatic N) is 1. The van der Waals surface area contributed by atoms with Gasteiger partial charge in [0.2, 0.25) is 0 Å². The highest BCUT2D eigenvalue weighted by molar-refractivity contribution is 7.11. The van der Waals surface area contributed by atoms with Crippen LogP contribution >= 0.6 is 22.9 Å². The van der Waals surface area contributed by atoms with Gasteiger partial charge in [-0.15, -0.1) is 11.3 Å². The van der Waals surface area contributed by atoms with E-state index < -0.39 is 11.6 Å². The molecule has 0 unspecified atom stereocenters. The number of halogens is 3. The molecule has 0 aliphatic rings. The van der Waals surface area contributed by atoms with Crippen LogP contribution in [-0.4, -0.2) is 0 Å². The van der Waals surface area contributed by atoms with E-state index >= 15 is 0 Å². The SMILES string of the molecule is Cc1ccc(F)c(/C(Cl)=C(/C#N)c2cccs2)c1F. The summed E-state index contributed by atoms with van der Waals surface area (Å²) in [6.07, 6.45) is 0. The Labute approximate surface area is 118 Å². The second-order valence-corrected chi connectivity index (χ2v) is 5.16. The van der Waals surface area contributed by atoms with Crippen molar-refractivity contribution in [1.82, 2.24) is 0 Å². The minimum absolute atomic E-state index is 0.0695. The highest BCUT2D eigenvalue weighted by atomic mass is 35.5. The number of hydrogen-bond donors (Lipinski definition) is 0. The molecule has 0 aliphatic carbocycles. The van der Waals surface area contributed by atoms with Crippen LogP contribution in [0.15, 0.2) is 29.6 Å². The molecule has 0 fully saturated rings. The average Bonchev–Trinajstić information content (AvgIpc) is 2.89. The van der Waals surface area contributed by atoms with Crippen molar-refractivity contribution < 1.29 is 8.78 Å². The molecule has 1 aromatic carbocycles. The summed E-state index contributed by atoms with van der Waals surface area (Å²) in [5.74, 6) is -1.52. The molecule has 0 N–H and O–H groups in total. The summed E-state index contributed by atoms with van der Waals surface area (Å²) in [7, 11) is 0. The Balaban J connectivity index is 2.71. The number of rotatable bonds is 2. The van der Waals surface area contributed by atoms with Crippen molar-refractivity contribution in [2.75, 3.05) is 0 Å². The molecule has 1 heterocycles. The van der Waals surface area contributed by atoms with Crippen LogP contribution in [-0.2, 0) is 0 Å². The van der Waals surface area contributed by atoms with Gasteiger partial charge in [-0.05, 0) is 30.0 Å². The maximum atomic E-state index is 14.0. The van der Waals surface area contributed by atoms with Gasteiger partial charge in [0.15, 0.2) is 0 Å². The van der Waals surface area contributed by atoms with E-state index in [4.69, 9.17) is 16.9 Å². The Morgan fingerprint density at radius 3 is 2.63 bits per heavy atom. The Bertz CT molecular complexity index is 684. The Morgan fingerprint density at radius 1 is 1.32 bits per heavy atom. The van der Waals surface area contributed by atoms with Crippen LogP contribution in [0.5, 0.6) is 0 Å². The lowest BCUT2D eigenvalue weighted by atomic mass is 10.1. The number of thiophene rings is 1. The molecule has 5 heteroatoms. The maximum Gasteiger partial charge on any atom is 0.137 e. The van der Waals surface area contributed by atoms with Gasteiger partial charge in [-0.3, -0.25) is 0 Å². The van der Waals surface area contributed by atoms with Gasteiger partial charge in [0.05, 0.1) is 16.2 Å². The number of benzene rings is 1. The summed E-state index contributed by atoms with van der Waals surface area (Å²) in [6.45, 7) is 1.51. The summed E-state index contributed by atoms with van der Waals surface area (Å²) in [4.78, 5) is 0.577. The third kappa shape index (κ3) is 2.53. The molecule has 1 nitrogen and oxygen atoms in total. The number of aryl methyl sites for hydroxylation is 1. The molecule has 0 radical (unpaired) electrons. The highest BCUT2D eigenvalue weighted by Crippen LogP contribution is 2.34. The fraction of sp³-hybridized carbons (Fsp3) is 0.0714. The van der Waals surface area contributed by atoms with Crippen molar-refractivity contribution >= 4 is 33.5 Å². The van der Waals surface area contributed by atoms with Crippen LogP contribution in [0.3, 0.4) is 0 Å². The van der Waals surface area contributed by atoms with Crippen LogP contribution in [0.2, 0.25) is 0 Å². The van der Waals surface area contributed by atoms with E-state index in [0.29, 0.717) is 4.88 Å². The van der Waals surface area contributed by atoms with Crippen LogP contribution in [0.1, 0.15) is 16.0 Å². The first-order valence-electron chi connectivity index (χ1n) is 5.35. The number of nitriles is 1. The van der Waals surface area contributed by atoms with Gasteiger partial charge in [-0.2, -0.15) is 5.26 Å². The predicted octanol–water partition coefficient (Wildman–Crippen LogP) is 4.97. The van der Waals surface area contributed by atoms with Crippen molar-refractivity contribution in [2.24, 2.45) is 0 Å². The third-order valence-corrected chi connectivity index (χ3v) is 3.87. The summed E-state index contributed by atoms with van der Waals surface area (Å²) in [6, 6.07) is 7.79. The summed E-state index contributed by atoms with van der Waals surface area (Å²) >= 11 is 7.31. The largest absolute Gasteiger partial charge is 0.206 e. The predicted molar refractivity (Wildman–Crippen MR) is 73.7 cm³/mol. The Morgan fingerprint density at radius 2 is 2.05 bits per heavy atom. The van der Waals surface area contributed by atoms with E-state index in [-0.39, 0.29) is 21.7 Å². The quantitative estimate of drug-likeness (QED) is 0.718. The average molecular weight is 296 g/mol. The van der Waals surface area contributed by atoms with Crippen LogP contribution in [0, 0.1) is 29.9 Å². The molecule has 0 spiro atoms. The number of allylic oxidation sites excluding steroid dienone is 1. The fourth-order valence-electron chi connectivity index (χ4n) is 1.62. The summed E-state index contributed by atoms with van der Waals surface area (Å²) in [5, 5.41) is 10.7. The molecule has 2 rings (SSSR count). The lowest BCUT2D eigenvalue weighted by Gasteiger charge is -2.07. The van der Waals surface area contributed by atoms with Gasteiger partial charge in [0.25, 0.3) is 0 Å². The highest BCUT2D eigenvalue weighted by Gasteiger charge is 2.19. The third-order valence-electron chi connectivity index (χ3n) is 2.60. The van der Waals surface area contributed by atoms with E-state index in [1.807, 2.05) is 6.07 Å². The summed E-state index contributed by atoms with van der Waals surface area (Å²) in [5.41, 5.74) is -0.00953. The van der Waals surface area contributed by atoms with Gasteiger partial charge in [0, 0.05) is 4.88 Å². The monoisotopic (exact) mass is 295 g/mol. The molecule has 1 aromatic heterocycles. The molecular formula is C14H8ClF2NS. The zero-order valence-electron chi connectivity index (χ0n) is 9.88. The molecule has 0 saturated heterocycles. The molecule has 0 atom stereocenters. The zero-order chi connectivity index (χ0) is 14.0. The van der Waals surface area contributed by atoms with Gasteiger partial charge < -0.3 is 0 Å². The first kappa shape index (κ1) is 13.7. The van der Waals surface area contributed by atoms with Gasteiger partial charge >= 0.3 is 0 Å². The van der Waals surface area contributed by atoms with Crippen molar-refractivity contribution in [3.63, 3.8) is 0 Å². The molecule has 0 aliphatic heterocycles. The second-order valence-electron chi connectivity index (χ2n) is 3.83. The van der Waals surface area contributed by atoms with Gasteiger partial charge in [-0.25, -0.2) is 8.78 Å². The molecule has 0 amide bonds. The molecule has 0 bridgehead atoms. The molecule has 2 aromatic rings. The zero-order valence-corrected chi connectivity index (χ0v) is 11.4.